The third-order valence-corrected chi connectivity index (χ3v) is 2.94. The molecule has 1 aromatic carbocycles. The highest BCUT2D eigenvalue weighted by atomic mass is 14.8. The summed E-state index contributed by atoms with van der Waals surface area (Å²) in [5.74, 6) is 0. The largest absolute Gasteiger partial charge is 0.326 e. The third kappa shape index (κ3) is 2.34. The molecule has 88 valence electrons. The average Bonchev–Trinajstić information content (AvgIpc) is 2.34. The maximum atomic E-state index is 5.58. The van der Waals surface area contributed by atoms with Gasteiger partial charge in [0.25, 0.3) is 0 Å². The first-order valence-corrected chi connectivity index (χ1v) is 5.73. The molecule has 0 radical (unpaired) electrons. The summed E-state index contributed by atoms with van der Waals surface area (Å²) in [4.78, 5) is 9.11. The van der Waals surface area contributed by atoms with Crippen LogP contribution >= 0.6 is 0 Å². The number of aromatic nitrogens is 2. The van der Waals surface area contributed by atoms with Gasteiger partial charge in [-0.2, -0.15) is 0 Å². The lowest BCUT2D eigenvalue weighted by Crippen LogP contribution is -2.00. The van der Waals surface area contributed by atoms with E-state index in [4.69, 9.17) is 5.73 Å². The minimum absolute atomic E-state index is 0.567. The monoisotopic (exact) mass is 227 g/mol. The van der Waals surface area contributed by atoms with Crippen molar-refractivity contribution in [2.24, 2.45) is 5.73 Å². The maximum absolute atomic E-state index is 5.58. The molecule has 0 saturated heterocycles. The lowest BCUT2D eigenvalue weighted by Gasteiger charge is -2.08. The molecule has 0 aliphatic heterocycles. The molecule has 17 heavy (non-hydrogen) atoms. The number of aryl methyl sites for hydroxylation is 3. The predicted molar refractivity (Wildman–Crippen MR) is 69.6 cm³/mol. The van der Waals surface area contributed by atoms with Gasteiger partial charge in [0.1, 0.15) is 0 Å². The van der Waals surface area contributed by atoms with Gasteiger partial charge < -0.3 is 5.73 Å². The molecule has 2 N–H and O–H groups in total. The zero-order valence-electron chi connectivity index (χ0n) is 10.5. The topological polar surface area (TPSA) is 51.8 Å². The van der Waals surface area contributed by atoms with Crippen molar-refractivity contribution in [3.8, 4) is 11.3 Å². The molecule has 0 spiro atoms. The van der Waals surface area contributed by atoms with Gasteiger partial charge in [-0.25, -0.2) is 4.98 Å². The fraction of sp³-hybridized carbons (Fsp3) is 0.286. The van der Waals surface area contributed by atoms with Gasteiger partial charge >= 0.3 is 0 Å². The van der Waals surface area contributed by atoms with Gasteiger partial charge in [0.05, 0.1) is 22.8 Å². The van der Waals surface area contributed by atoms with Crippen LogP contribution in [0.4, 0.5) is 0 Å². The highest BCUT2D eigenvalue weighted by molar-refractivity contribution is 5.62. The van der Waals surface area contributed by atoms with Crippen LogP contribution in [0.5, 0.6) is 0 Å². The SMILES string of the molecule is Cc1nc(C)c(-c2ccc(CN)cc2)nc1C. The summed E-state index contributed by atoms with van der Waals surface area (Å²) in [6, 6.07) is 8.17. The number of hydrogen-bond donors (Lipinski definition) is 1. The molecule has 2 rings (SSSR count). The molecule has 2 aromatic rings. The van der Waals surface area contributed by atoms with Crippen molar-refractivity contribution in [1.29, 1.82) is 0 Å². The Hall–Kier alpha value is -1.74. The fourth-order valence-electron chi connectivity index (χ4n) is 1.79. The first-order chi connectivity index (χ1) is 8.11. The summed E-state index contributed by atoms with van der Waals surface area (Å²) >= 11 is 0. The Balaban J connectivity index is 2.48. The zero-order valence-corrected chi connectivity index (χ0v) is 10.5. The van der Waals surface area contributed by atoms with Crippen molar-refractivity contribution in [1.82, 2.24) is 9.97 Å². The van der Waals surface area contributed by atoms with E-state index in [0.29, 0.717) is 6.54 Å². The van der Waals surface area contributed by atoms with Crippen LogP contribution in [-0.2, 0) is 6.54 Å². The van der Waals surface area contributed by atoms with E-state index in [1.54, 1.807) is 0 Å². The molecule has 3 nitrogen and oxygen atoms in total. The first-order valence-electron chi connectivity index (χ1n) is 5.73. The maximum Gasteiger partial charge on any atom is 0.0917 e. The molecule has 3 heteroatoms. The number of hydrogen-bond acceptors (Lipinski definition) is 3. The summed E-state index contributed by atoms with van der Waals surface area (Å²) in [6.07, 6.45) is 0. The Labute approximate surface area is 102 Å². The summed E-state index contributed by atoms with van der Waals surface area (Å²) in [7, 11) is 0. The van der Waals surface area contributed by atoms with Crippen molar-refractivity contribution < 1.29 is 0 Å². The van der Waals surface area contributed by atoms with E-state index in [1.807, 2.05) is 45.0 Å². The van der Waals surface area contributed by atoms with E-state index in [2.05, 4.69) is 9.97 Å². The molecular formula is C14H17N3. The van der Waals surface area contributed by atoms with Crippen LogP contribution in [0.25, 0.3) is 11.3 Å². The molecule has 0 unspecified atom stereocenters. The average molecular weight is 227 g/mol. The quantitative estimate of drug-likeness (QED) is 0.857. The van der Waals surface area contributed by atoms with Crippen LogP contribution < -0.4 is 5.73 Å². The second-order valence-electron chi connectivity index (χ2n) is 4.23. The Morgan fingerprint density at radius 1 is 0.882 bits per heavy atom. The van der Waals surface area contributed by atoms with Crippen LogP contribution in [0.15, 0.2) is 24.3 Å². The van der Waals surface area contributed by atoms with E-state index >= 15 is 0 Å². The molecule has 1 heterocycles. The van der Waals surface area contributed by atoms with Gasteiger partial charge in [-0.15, -0.1) is 0 Å². The lowest BCUT2D eigenvalue weighted by molar-refractivity contribution is 1.01. The highest BCUT2D eigenvalue weighted by Gasteiger charge is 2.07. The molecule has 0 atom stereocenters. The second kappa shape index (κ2) is 4.63. The summed E-state index contributed by atoms with van der Waals surface area (Å²) in [6.45, 7) is 6.53. The van der Waals surface area contributed by atoms with Gasteiger partial charge in [-0.05, 0) is 26.3 Å². The van der Waals surface area contributed by atoms with Crippen molar-refractivity contribution in [3.05, 3.63) is 46.9 Å². The smallest absolute Gasteiger partial charge is 0.0917 e. The lowest BCUT2D eigenvalue weighted by atomic mass is 10.1. The van der Waals surface area contributed by atoms with E-state index in [-0.39, 0.29) is 0 Å². The van der Waals surface area contributed by atoms with Crippen LogP contribution in [0.2, 0.25) is 0 Å². The fourth-order valence-corrected chi connectivity index (χ4v) is 1.79. The van der Waals surface area contributed by atoms with Gasteiger partial charge in [0.15, 0.2) is 0 Å². The molecule has 0 fully saturated rings. The molecule has 0 saturated carbocycles. The Bertz CT molecular complexity index is 530. The third-order valence-electron chi connectivity index (χ3n) is 2.94. The van der Waals surface area contributed by atoms with Gasteiger partial charge in [0, 0.05) is 12.1 Å². The van der Waals surface area contributed by atoms with E-state index < -0.39 is 0 Å². The first kappa shape index (κ1) is 11.7. The van der Waals surface area contributed by atoms with Crippen molar-refractivity contribution in [2.75, 3.05) is 0 Å². The van der Waals surface area contributed by atoms with Crippen LogP contribution in [0.3, 0.4) is 0 Å². The molecule has 0 aliphatic carbocycles. The molecular weight excluding hydrogens is 210 g/mol. The number of benzene rings is 1. The van der Waals surface area contributed by atoms with Gasteiger partial charge in [0.2, 0.25) is 0 Å². The summed E-state index contributed by atoms with van der Waals surface area (Å²) in [5, 5.41) is 0. The van der Waals surface area contributed by atoms with Crippen LogP contribution in [-0.4, -0.2) is 9.97 Å². The highest BCUT2D eigenvalue weighted by Crippen LogP contribution is 2.21. The molecule has 0 bridgehead atoms. The zero-order chi connectivity index (χ0) is 12.4. The second-order valence-corrected chi connectivity index (χ2v) is 4.23. The summed E-state index contributed by atoms with van der Waals surface area (Å²) < 4.78 is 0. The van der Waals surface area contributed by atoms with Gasteiger partial charge in [-0.1, -0.05) is 24.3 Å². The normalized spacial score (nSPS) is 10.6. The molecule has 0 aliphatic rings. The van der Waals surface area contributed by atoms with E-state index in [0.717, 1.165) is 33.9 Å². The Morgan fingerprint density at radius 2 is 1.47 bits per heavy atom. The van der Waals surface area contributed by atoms with Crippen molar-refractivity contribution in [2.45, 2.75) is 27.3 Å². The van der Waals surface area contributed by atoms with Crippen LogP contribution in [0.1, 0.15) is 22.6 Å². The number of rotatable bonds is 2. The van der Waals surface area contributed by atoms with E-state index in [9.17, 15) is 0 Å². The Morgan fingerprint density at radius 3 is 2.06 bits per heavy atom. The molecule has 0 amide bonds. The minimum atomic E-state index is 0.567. The standard InChI is InChI=1S/C14H17N3/c1-9-10(2)17-14(11(3)16-9)13-6-4-12(8-15)5-7-13/h4-7H,8,15H2,1-3H3. The number of nitrogens with zero attached hydrogens (tertiary/aromatic N) is 2. The Kier molecular flexibility index (Phi) is 3.20. The van der Waals surface area contributed by atoms with Crippen molar-refractivity contribution >= 4 is 0 Å². The minimum Gasteiger partial charge on any atom is -0.326 e. The predicted octanol–water partition coefficient (Wildman–Crippen LogP) is 2.53. The summed E-state index contributed by atoms with van der Waals surface area (Å²) in [5.41, 5.74) is 11.7. The van der Waals surface area contributed by atoms with E-state index in [1.165, 1.54) is 0 Å². The number of nitrogens with two attached hydrogens (primary N) is 1. The van der Waals surface area contributed by atoms with Crippen LogP contribution in [0, 0.1) is 20.8 Å². The molecule has 1 aromatic heterocycles. The van der Waals surface area contributed by atoms with Gasteiger partial charge in [-0.3, -0.25) is 4.98 Å². The van der Waals surface area contributed by atoms with Crippen molar-refractivity contribution in [3.63, 3.8) is 0 Å².